The van der Waals surface area contributed by atoms with Crippen molar-refractivity contribution in [2.75, 3.05) is 41.8 Å². The van der Waals surface area contributed by atoms with E-state index >= 15 is 0 Å². The Morgan fingerprint density at radius 1 is 0.818 bits per heavy atom. The molecule has 9 heteroatoms. The van der Waals surface area contributed by atoms with Crippen LogP contribution in [0.5, 0.6) is 5.75 Å². The number of carbonyl (C=O) groups excluding carboxylic acids is 1. The Kier molecular flexibility index (Phi) is 6.69. The first kappa shape index (κ1) is 22.5. The van der Waals surface area contributed by atoms with E-state index in [-0.39, 0.29) is 11.7 Å². The average molecular weight is 457 g/mol. The fourth-order valence-corrected chi connectivity index (χ4v) is 3.39. The second kappa shape index (κ2) is 9.83. The predicted molar refractivity (Wildman–Crippen MR) is 120 cm³/mol. The number of rotatable bonds is 6. The average Bonchev–Trinajstić information content (AvgIpc) is 2.81. The van der Waals surface area contributed by atoms with Crippen LogP contribution >= 0.6 is 0 Å². The highest BCUT2D eigenvalue weighted by Gasteiger charge is 2.30. The molecule has 33 heavy (non-hydrogen) atoms. The molecule has 3 aromatic rings. The van der Waals surface area contributed by atoms with E-state index in [9.17, 15) is 18.0 Å². The normalized spacial score (nSPS) is 14.0. The van der Waals surface area contributed by atoms with Gasteiger partial charge in [-0.05, 0) is 72.8 Å². The SMILES string of the molecule is O=C(Nc1ccc(N2CCOCC2)cc1)c1ccc(Nc2ccc(OC(F)(F)F)cc2)cc1. The summed E-state index contributed by atoms with van der Waals surface area (Å²) in [4.78, 5) is 14.8. The number of carbonyl (C=O) groups is 1. The summed E-state index contributed by atoms with van der Waals surface area (Å²) in [6.45, 7) is 3.11. The molecule has 0 aromatic heterocycles. The van der Waals surface area contributed by atoms with Crippen molar-refractivity contribution < 1.29 is 27.4 Å². The fraction of sp³-hybridized carbons (Fsp3) is 0.208. The summed E-state index contributed by atoms with van der Waals surface area (Å²) in [5, 5.41) is 5.94. The molecule has 1 saturated heterocycles. The summed E-state index contributed by atoms with van der Waals surface area (Å²) in [5.41, 5.74) is 3.53. The quantitative estimate of drug-likeness (QED) is 0.518. The van der Waals surface area contributed by atoms with Crippen LogP contribution in [0.1, 0.15) is 10.4 Å². The Labute approximate surface area is 188 Å². The van der Waals surface area contributed by atoms with Gasteiger partial charge < -0.3 is 25.0 Å². The topological polar surface area (TPSA) is 62.8 Å². The Morgan fingerprint density at radius 3 is 1.94 bits per heavy atom. The van der Waals surface area contributed by atoms with Gasteiger partial charge in [0.1, 0.15) is 5.75 Å². The van der Waals surface area contributed by atoms with Gasteiger partial charge in [0.2, 0.25) is 0 Å². The van der Waals surface area contributed by atoms with Crippen LogP contribution in [0, 0.1) is 0 Å². The Bertz CT molecular complexity index is 1060. The van der Waals surface area contributed by atoms with Gasteiger partial charge in [0.25, 0.3) is 5.91 Å². The second-order valence-electron chi connectivity index (χ2n) is 7.37. The van der Waals surface area contributed by atoms with Gasteiger partial charge in [0, 0.05) is 41.4 Å². The number of hydrogen-bond acceptors (Lipinski definition) is 5. The van der Waals surface area contributed by atoms with Crippen LogP contribution in [-0.4, -0.2) is 38.6 Å². The zero-order valence-corrected chi connectivity index (χ0v) is 17.6. The number of nitrogens with one attached hydrogen (secondary N) is 2. The van der Waals surface area contributed by atoms with E-state index in [1.807, 2.05) is 24.3 Å². The van der Waals surface area contributed by atoms with Crippen molar-refractivity contribution in [1.82, 2.24) is 0 Å². The van der Waals surface area contributed by atoms with Crippen LogP contribution in [0.2, 0.25) is 0 Å². The fourth-order valence-electron chi connectivity index (χ4n) is 3.39. The van der Waals surface area contributed by atoms with Crippen LogP contribution in [0.25, 0.3) is 0 Å². The number of morpholine rings is 1. The van der Waals surface area contributed by atoms with Gasteiger partial charge in [-0.15, -0.1) is 13.2 Å². The molecule has 1 aliphatic heterocycles. The van der Waals surface area contributed by atoms with Crippen molar-refractivity contribution in [2.24, 2.45) is 0 Å². The molecule has 0 atom stereocenters. The summed E-state index contributed by atoms with van der Waals surface area (Å²) in [5.74, 6) is -0.535. The minimum atomic E-state index is -4.73. The zero-order chi connectivity index (χ0) is 23.3. The van der Waals surface area contributed by atoms with E-state index in [0.717, 1.165) is 18.8 Å². The predicted octanol–water partition coefficient (Wildman–Crippen LogP) is 5.42. The number of hydrogen-bond donors (Lipinski definition) is 2. The largest absolute Gasteiger partial charge is 0.573 e. The molecule has 0 radical (unpaired) electrons. The van der Waals surface area contributed by atoms with Crippen molar-refractivity contribution in [2.45, 2.75) is 6.36 Å². The van der Waals surface area contributed by atoms with Crippen LogP contribution in [0.4, 0.5) is 35.9 Å². The minimum Gasteiger partial charge on any atom is -0.406 e. The highest BCUT2D eigenvalue weighted by molar-refractivity contribution is 6.04. The van der Waals surface area contributed by atoms with Crippen molar-refractivity contribution in [3.63, 3.8) is 0 Å². The van der Waals surface area contributed by atoms with Crippen molar-refractivity contribution in [3.8, 4) is 5.75 Å². The highest BCUT2D eigenvalue weighted by Crippen LogP contribution is 2.26. The third-order valence-corrected chi connectivity index (χ3v) is 5.03. The molecular formula is C24H22F3N3O3. The van der Waals surface area contributed by atoms with E-state index in [4.69, 9.17) is 4.74 Å². The van der Waals surface area contributed by atoms with Gasteiger partial charge >= 0.3 is 6.36 Å². The molecule has 0 spiro atoms. The van der Waals surface area contributed by atoms with Crippen LogP contribution < -0.4 is 20.3 Å². The molecule has 1 fully saturated rings. The third kappa shape index (κ3) is 6.39. The van der Waals surface area contributed by atoms with Gasteiger partial charge in [-0.2, -0.15) is 0 Å². The smallest absolute Gasteiger partial charge is 0.406 e. The molecule has 0 bridgehead atoms. The van der Waals surface area contributed by atoms with E-state index < -0.39 is 6.36 Å². The van der Waals surface area contributed by atoms with Gasteiger partial charge in [-0.3, -0.25) is 4.79 Å². The highest BCUT2D eigenvalue weighted by atomic mass is 19.4. The maximum absolute atomic E-state index is 12.6. The van der Waals surface area contributed by atoms with E-state index in [1.54, 1.807) is 24.3 Å². The van der Waals surface area contributed by atoms with Crippen LogP contribution in [0.3, 0.4) is 0 Å². The molecule has 0 saturated carbocycles. The van der Waals surface area contributed by atoms with Gasteiger partial charge in [0.15, 0.2) is 0 Å². The summed E-state index contributed by atoms with van der Waals surface area (Å²) >= 11 is 0. The van der Waals surface area contributed by atoms with Gasteiger partial charge in [0.05, 0.1) is 13.2 Å². The molecule has 1 amide bonds. The summed E-state index contributed by atoms with van der Waals surface area (Å²) < 4.78 is 46.0. The second-order valence-corrected chi connectivity index (χ2v) is 7.37. The standard InChI is InChI=1S/C24H22F3N3O3/c25-24(26,27)33-22-11-7-19(8-12-22)28-18-3-1-17(2-4-18)23(31)29-20-5-9-21(10-6-20)30-13-15-32-16-14-30/h1-12,28H,13-16H2,(H,29,31). The van der Waals surface area contributed by atoms with Crippen molar-refractivity contribution in [3.05, 3.63) is 78.4 Å². The van der Waals surface area contributed by atoms with Crippen molar-refractivity contribution in [1.29, 1.82) is 0 Å². The lowest BCUT2D eigenvalue weighted by Crippen LogP contribution is -2.36. The lowest BCUT2D eigenvalue weighted by molar-refractivity contribution is -0.274. The first-order chi connectivity index (χ1) is 15.9. The Morgan fingerprint density at radius 2 is 1.36 bits per heavy atom. The molecule has 2 N–H and O–H groups in total. The zero-order valence-electron chi connectivity index (χ0n) is 17.6. The molecule has 0 aliphatic carbocycles. The molecule has 3 aromatic carbocycles. The Hall–Kier alpha value is -3.72. The van der Waals surface area contributed by atoms with Gasteiger partial charge in [-0.25, -0.2) is 0 Å². The van der Waals surface area contributed by atoms with E-state index in [0.29, 0.717) is 35.8 Å². The monoisotopic (exact) mass is 457 g/mol. The maximum Gasteiger partial charge on any atom is 0.573 e. The molecule has 4 rings (SSSR count). The first-order valence-corrected chi connectivity index (χ1v) is 10.3. The molecular weight excluding hydrogens is 435 g/mol. The molecule has 6 nitrogen and oxygen atoms in total. The Balaban J connectivity index is 1.32. The van der Waals surface area contributed by atoms with Crippen molar-refractivity contribution >= 4 is 28.7 Å². The summed E-state index contributed by atoms with van der Waals surface area (Å²) in [7, 11) is 0. The number of anilines is 4. The first-order valence-electron chi connectivity index (χ1n) is 10.3. The number of amides is 1. The number of benzene rings is 3. The number of ether oxygens (including phenoxy) is 2. The molecule has 1 heterocycles. The van der Waals surface area contributed by atoms with E-state index in [2.05, 4.69) is 20.3 Å². The van der Waals surface area contributed by atoms with Crippen LogP contribution in [0.15, 0.2) is 72.8 Å². The maximum atomic E-state index is 12.6. The lowest BCUT2D eigenvalue weighted by atomic mass is 10.1. The summed E-state index contributed by atoms with van der Waals surface area (Å²) in [6.07, 6.45) is -4.73. The third-order valence-electron chi connectivity index (χ3n) is 5.03. The van der Waals surface area contributed by atoms with E-state index in [1.165, 1.54) is 24.3 Å². The number of alkyl halides is 3. The molecule has 172 valence electrons. The van der Waals surface area contributed by atoms with Gasteiger partial charge in [-0.1, -0.05) is 0 Å². The number of nitrogens with zero attached hydrogens (tertiary/aromatic N) is 1. The molecule has 1 aliphatic rings. The van der Waals surface area contributed by atoms with Crippen LogP contribution in [-0.2, 0) is 4.74 Å². The summed E-state index contributed by atoms with van der Waals surface area (Å²) in [6, 6.07) is 19.8. The number of halogens is 3. The minimum absolute atomic E-state index is 0.241. The lowest BCUT2D eigenvalue weighted by Gasteiger charge is -2.28. The molecule has 0 unspecified atom stereocenters.